The van der Waals surface area contributed by atoms with Crippen LogP contribution in [0.2, 0.25) is 0 Å². The van der Waals surface area contributed by atoms with Crippen molar-refractivity contribution in [2.24, 2.45) is 0 Å². The summed E-state index contributed by atoms with van der Waals surface area (Å²) in [5.41, 5.74) is 0. The molecule has 6 nitrogen and oxygen atoms in total. The Balaban J connectivity index is 3.49. The van der Waals surface area contributed by atoms with Crippen LogP contribution in [0.3, 0.4) is 0 Å². The predicted octanol–water partition coefficient (Wildman–Crippen LogP) is 11.4. The molecule has 0 rings (SSSR count). The van der Waals surface area contributed by atoms with E-state index in [1.165, 1.54) is 128 Å². The maximum absolute atomic E-state index is 12.3. The first-order valence-corrected chi connectivity index (χ1v) is 20.9. The number of ether oxygens (including phenoxy) is 1. The monoisotopic (exact) mass is 680 g/mol. The van der Waals surface area contributed by atoms with Gasteiger partial charge >= 0.3 is 5.97 Å². The molecular formula is C42H81NO5. The largest absolute Gasteiger partial charge is 0.466 e. The number of nitrogens with one attached hydrogen (secondary N) is 1. The van der Waals surface area contributed by atoms with E-state index in [4.69, 9.17) is 4.74 Å². The van der Waals surface area contributed by atoms with E-state index in [0.29, 0.717) is 25.9 Å². The van der Waals surface area contributed by atoms with Crippen molar-refractivity contribution >= 4 is 11.9 Å². The van der Waals surface area contributed by atoms with Crippen molar-refractivity contribution in [3.8, 4) is 0 Å². The first kappa shape index (κ1) is 46.6. The lowest BCUT2D eigenvalue weighted by molar-refractivity contribution is -0.143. The second kappa shape index (κ2) is 38.4. The third-order valence-electron chi connectivity index (χ3n) is 9.56. The van der Waals surface area contributed by atoms with Gasteiger partial charge in [0, 0.05) is 12.8 Å². The normalized spacial score (nSPS) is 12.8. The van der Waals surface area contributed by atoms with E-state index in [1.54, 1.807) is 0 Å². The Labute approximate surface area is 298 Å². The molecule has 0 saturated heterocycles. The summed E-state index contributed by atoms with van der Waals surface area (Å²) in [7, 11) is 0. The molecule has 0 spiro atoms. The standard InChI is InChI=1S/C42H81NO5/c1-3-5-7-9-11-13-14-15-16-20-24-28-32-36-42(47)48-37-33-29-25-21-17-19-23-27-31-35-41(46)43-39(38-44)40(45)34-30-26-22-18-12-10-8-6-4-2/h13-14,39-40,44-45H,3-12,15-38H2,1-2H3,(H,43,46)/b14-13-. The summed E-state index contributed by atoms with van der Waals surface area (Å²) in [6.07, 6.45) is 40.2. The Morgan fingerprint density at radius 2 is 0.979 bits per heavy atom. The zero-order valence-electron chi connectivity index (χ0n) is 32.0. The molecule has 0 aromatic carbocycles. The van der Waals surface area contributed by atoms with E-state index in [0.717, 1.165) is 57.8 Å². The minimum Gasteiger partial charge on any atom is -0.466 e. The van der Waals surface area contributed by atoms with E-state index in [-0.39, 0.29) is 18.5 Å². The molecule has 0 aliphatic rings. The molecule has 0 aromatic rings. The van der Waals surface area contributed by atoms with Crippen LogP contribution in [0.25, 0.3) is 0 Å². The van der Waals surface area contributed by atoms with Crippen molar-refractivity contribution in [3.05, 3.63) is 12.2 Å². The molecule has 3 N–H and O–H groups in total. The lowest BCUT2D eigenvalue weighted by Crippen LogP contribution is -2.45. The van der Waals surface area contributed by atoms with E-state index in [9.17, 15) is 19.8 Å². The molecule has 0 heterocycles. The number of aliphatic hydroxyl groups excluding tert-OH is 2. The van der Waals surface area contributed by atoms with E-state index >= 15 is 0 Å². The average Bonchev–Trinajstić information content (AvgIpc) is 3.08. The van der Waals surface area contributed by atoms with Crippen LogP contribution in [0.15, 0.2) is 12.2 Å². The lowest BCUT2D eigenvalue weighted by atomic mass is 10.0. The Hall–Kier alpha value is -1.40. The molecule has 0 aromatic heterocycles. The highest BCUT2D eigenvalue weighted by atomic mass is 16.5. The third-order valence-corrected chi connectivity index (χ3v) is 9.56. The number of hydrogen-bond donors (Lipinski definition) is 3. The van der Waals surface area contributed by atoms with Crippen LogP contribution in [0.4, 0.5) is 0 Å². The molecule has 0 saturated carbocycles. The number of unbranched alkanes of at least 4 members (excludes halogenated alkanes) is 25. The van der Waals surface area contributed by atoms with Crippen LogP contribution >= 0.6 is 0 Å². The van der Waals surface area contributed by atoms with E-state index in [2.05, 4.69) is 31.3 Å². The van der Waals surface area contributed by atoms with Crippen molar-refractivity contribution in [2.75, 3.05) is 13.2 Å². The Morgan fingerprint density at radius 1 is 0.562 bits per heavy atom. The molecule has 2 unspecified atom stereocenters. The molecule has 0 bridgehead atoms. The van der Waals surface area contributed by atoms with Crippen molar-refractivity contribution < 1.29 is 24.5 Å². The minimum absolute atomic E-state index is 0.0353. The highest BCUT2D eigenvalue weighted by Crippen LogP contribution is 2.14. The summed E-state index contributed by atoms with van der Waals surface area (Å²) in [4.78, 5) is 24.3. The maximum Gasteiger partial charge on any atom is 0.305 e. The number of esters is 1. The van der Waals surface area contributed by atoms with Crippen molar-refractivity contribution in [1.29, 1.82) is 0 Å². The van der Waals surface area contributed by atoms with Gasteiger partial charge in [-0.2, -0.15) is 0 Å². The summed E-state index contributed by atoms with van der Waals surface area (Å²) < 4.78 is 5.42. The number of rotatable bonds is 38. The molecule has 1 amide bonds. The average molecular weight is 680 g/mol. The molecular weight excluding hydrogens is 598 g/mol. The van der Waals surface area contributed by atoms with Crippen molar-refractivity contribution in [2.45, 2.75) is 231 Å². The van der Waals surface area contributed by atoms with Crippen LogP contribution in [0.1, 0.15) is 219 Å². The summed E-state index contributed by atoms with van der Waals surface area (Å²) in [6, 6.07) is -0.558. The third kappa shape index (κ3) is 34.5. The van der Waals surface area contributed by atoms with Crippen LogP contribution in [-0.4, -0.2) is 47.4 Å². The molecule has 2 atom stereocenters. The smallest absolute Gasteiger partial charge is 0.305 e. The molecule has 0 aliphatic carbocycles. The number of aliphatic hydroxyl groups is 2. The van der Waals surface area contributed by atoms with Gasteiger partial charge in [0.05, 0.1) is 25.4 Å². The van der Waals surface area contributed by atoms with Gasteiger partial charge in [-0.05, 0) is 51.4 Å². The van der Waals surface area contributed by atoms with E-state index in [1.807, 2.05) is 0 Å². The first-order valence-electron chi connectivity index (χ1n) is 20.9. The number of allylic oxidation sites excluding steroid dienone is 2. The van der Waals surface area contributed by atoms with Crippen LogP contribution < -0.4 is 5.32 Å². The summed E-state index contributed by atoms with van der Waals surface area (Å²) in [6.45, 7) is 4.83. The second-order valence-corrected chi connectivity index (χ2v) is 14.3. The minimum atomic E-state index is -0.678. The van der Waals surface area contributed by atoms with Gasteiger partial charge in [-0.1, -0.05) is 167 Å². The number of hydrogen-bond acceptors (Lipinski definition) is 5. The van der Waals surface area contributed by atoms with Crippen LogP contribution in [0, 0.1) is 0 Å². The molecule has 284 valence electrons. The highest BCUT2D eigenvalue weighted by molar-refractivity contribution is 5.76. The topological polar surface area (TPSA) is 95.9 Å². The Morgan fingerprint density at radius 3 is 1.50 bits per heavy atom. The fourth-order valence-electron chi connectivity index (χ4n) is 6.28. The fraction of sp³-hybridized carbons (Fsp3) is 0.905. The number of carbonyl (C=O) groups excluding carboxylic acids is 2. The number of carbonyl (C=O) groups is 2. The van der Waals surface area contributed by atoms with E-state index < -0.39 is 12.1 Å². The SMILES string of the molecule is CCCCCC/C=C\CCCCCCCC(=O)OCCCCCCCCCCCC(=O)NC(CO)C(O)CCCCCCCCCCC. The van der Waals surface area contributed by atoms with Crippen molar-refractivity contribution in [1.82, 2.24) is 5.32 Å². The lowest BCUT2D eigenvalue weighted by Gasteiger charge is -2.22. The molecule has 0 fully saturated rings. The predicted molar refractivity (Wildman–Crippen MR) is 204 cm³/mol. The molecule has 0 aliphatic heterocycles. The van der Waals surface area contributed by atoms with Crippen LogP contribution in [0.5, 0.6) is 0 Å². The van der Waals surface area contributed by atoms with Gasteiger partial charge in [0.1, 0.15) is 0 Å². The molecule has 48 heavy (non-hydrogen) atoms. The number of amides is 1. The Kier molecular flexibility index (Phi) is 37.3. The van der Waals surface area contributed by atoms with Gasteiger partial charge in [0.2, 0.25) is 5.91 Å². The maximum atomic E-state index is 12.3. The summed E-state index contributed by atoms with van der Waals surface area (Å²) >= 11 is 0. The van der Waals surface area contributed by atoms with Gasteiger partial charge in [0.25, 0.3) is 0 Å². The molecule has 6 heteroatoms. The van der Waals surface area contributed by atoms with Gasteiger partial charge < -0.3 is 20.3 Å². The quantitative estimate of drug-likeness (QED) is 0.0343. The second-order valence-electron chi connectivity index (χ2n) is 14.3. The first-order chi connectivity index (χ1) is 23.5. The summed E-state index contributed by atoms with van der Waals surface area (Å²) in [5, 5.41) is 23.0. The van der Waals surface area contributed by atoms with Gasteiger partial charge in [-0.25, -0.2) is 0 Å². The van der Waals surface area contributed by atoms with Gasteiger partial charge in [-0.15, -0.1) is 0 Å². The summed E-state index contributed by atoms with van der Waals surface area (Å²) in [5.74, 6) is -0.102. The molecule has 0 radical (unpaired) electrons. The highest BCUT2D eigenvalue weighted by Gasteiger charge is 2.20. The Bertz CT molecular complexity index is 712. The fourth-order valence-corrected chi connectivity index (χ4v) is 6.28. The van der Waals surface area contributed by atoms with Gasteiger partial charge in [-0.3, -0.25) is 9.59 Å². The van der Waals surface area contributed by atoms with Crippen LogP contribution in [-0.2, 0) is 14.3 Å². The van der Waals surface area contributed by atoms with Crippen molar-refractivity contribution in [3.63, 3.8) is 0 Å². The zero-order chi connectivity index (χ0) is 35.2. The zero-order valence-corrected chi connectivity index (χ0v) is 32.0. The van der Waals surface area contributed by atoms with Gasteiger partial charge in [0.15, 0.2) is 0 Å².